The lowest BCUT2D eigenvalue weighted by molar-refractivity contribution is -0.138. The topological polar surface area (TPSA) is 194 Å². The highest BCUT2D eigenvalue weighted by Gasteiger charge is 2.36. The first-order valence-electron chi connectivity index (χ1n) is 5.81. The van der Waals surface area contributed by atoms with Gasteiger partial charge in [-0.05, 0) is 0 Å². The zero-order valence-corrected chi connectivity index (χ0v) is 11.2. The van der Waals surface area contributed by atoms with Crippen molar-refractivity contribution in [2.75, 3.05) is 0 Å². The van der Waals surface area contributed by atoms with E-state index in [0.29, 0.717) is 0 Å². The predicted octanol–water partition coefficient (Wildman–Crippen LogP) is 0.740. The highest BCUT2D eigenvalue weighted by molar-refractivity contribution is 5.67. The predicted molar refractivity (Wildman–Crippen MR) is 66.5 cm³/mol. The van der Waals surface area contributed by atoms with Gasteiger partial charge in [0.15, 0.2) is 0 Å². The second-order valence-corrected chi connectivity index (χ2v) is 4.16. The van der Waals surface area contributed by atoms with E-state index < -0.39 is 48.7 Å². The van der Waals surface area contributed by atoms with E-state index in [1.165, 1.54) is 24.3 Å². The van der Waals surface area contributed by atoms with E-state index in [2.05, 4.69) is 10.2 Å². The molecule has 0 amide bonds. The van der Waals surface area contributed by atoms with Crippen molar-refractivity contribution in [3.8, 4) is 24.3 Å². The molecule has 0 aliphatic heterocycles. The lowest BCUT2D eigenvalue weighted by Crippen LogP contribution is -2.27. The smallest absolute Gasteiger partial charge is 0.303 e. The molecule has 0 aliphatic carbocycles. The maximum Gasteiger partial charge on any atom is 0.303 e. The van der Waals surface area contributed by atoms with Gasteiger partial charge < -0.3 is 10.2 Å². The minimum Gasteiger partial charge on any atom is -0.481 e. The summed E-state index contributed by atoms with van der Waals surface area (Å²) in [6.45, 7) is 0. The Balaban J connectivity index is 5.44. The van der Waals surface area contributed by atoms with Gasteiger partial charge in [0.2, 0.25) is 0 Å². The van der Waals surface area contributed by atoms with Gasteiger partial charge in [-0.25, -0.2) is 0 Å². The monoisotopic (exact) mass is 302 g/mol. The molecule has 10 nitrogen and oxygen atoms in total. The van der Waals surface area contributed by atoms with E-state index in [4.69, 9.17) is 31.3 Å². The van der Waals surface area contributed by atoms with Gasteiger partial charge >= 0.3 is 11.9 Å². The second kappa shape index (κ2) is 7.94. The Labute approximate surface area is 125 Å². The number of aliphatic carboxylic acids is 2. The molecular weight excluding hydrogens is 292 g/mol. The third-order valence-corrected chi connectivity index (χ3v) is 2.53. The van der Waals surface area contributed by atoms with Gasteiger partial charge in [-0.15, -0.1) is 0 Å². The van der Waals surface area contributed by atoms with Crippen LogP contribution in [0.15, 0.2) is 10.2 Å². The number of rotatable bonds is 8. The summed E-state index contributed by atoms with van der Waals surface area (Å²) in [5.41, 5.74) is -4.30. The molecule has 0 atom stereocenters. The van der Waals surface area contributed by atoms with Crippen LogP contribution in [-0.2, 0) is 9.59 Å². The highest BCUT2D eigenvalue weighted by atomic mass is 16.4. The van der Waals surface area contributed by atoms with Crippen molar-refractivity contribution in [1.82, 2.24) is 0 Å². The number of carboxylic acids is 2. The van der Waals surface area contributed by atoms with Gasteiger partial charge in [-0.3, -0.25) is 9.59 Å². The maximum atomic E-state index is 10.5. The summed E-state index contributed by atoms with van der Waals surface area (Å²) in [6.07, 6.45) is -2.04. The van der Waals surface area contributed by atoms with Crippen LogP contribution < -0.4 is 0 Å². The maximum absolute atomic E-state index is 10.5. The van der Waals surface area contributed by atoms with E-state index in [1.54, 1.807) is 0 Å². The van der Waals surface area contributed by atoms with E-state index in [1.807, 2.05) is 0 Å². The molecule has 0 spiro atoms. The fraction of sp³-hybridized carbons (Fsp3) is 0.500. The van der Waals surface area contributed by atoms with Crippen molar-refractivity contribution in [2.45, 2.75) is 36.8 Å². The van der Waals surface area contributed by atoms with Gasteiger partial charge in [-0.2, -0.15) is 31.3 Å². The third kappa shape index (κ3) is 5.24. The van der Waals surface area contributed by atoms with Gasteiger partial charge in [0.1, 0.15) is 24.3 Å². The number of nitrogens with zero attached hydrogens (tertiary/aromatic N) is 6. The highest BCUT2D eigenvalue weighted by Crippen LogP contribution is 2.23. The van der Waals surface area contributed by atoms with Crippen LogP contribution in [0.25, 0.3) is 0 Å². The normalized spacial score (nSPS) is 10.9. The first kappa shape index (κ1) is 18.5. The van der Waals surface area contributed by atoms with Crippen LogP contribution in [-0.4, -0.2) is 33.2 Å². The molecule has 0 aromatic carbocycles. The number of hydrogen-bond donors (Lipinski definition) is 2. The molecule has 0 bridgehead atoms. The van der Waals surface area contributed by atoms with Crippen LogP contribution in [0.3, 0.4) is 0 Å². The van der Waals surface area contributed by atoms with Crippen molar-refractivity contribution in [1.29, 1.82) is 21.0 Å². The molecule has 0 unspecified atom stereocenters. The van der Waals surface area contributed by atoms with Crippen molar-refractivity contribution >= 4 is 11.9 Å². The molecule has 0 fully saturated rings. The summed E-state index contributed by atoms with van der Waals surface area (Å²) in [4.78, 5) is 21.0. The largest absolute Gasteiger partial charge is 0.481 e. The number of nitriles is 4. The van der Waals surface area contributed by atoms with Crippen molar-refractivity contribution in [2.24, 2.45) is 10.2 Å². The first-order valence-corrected chi connectivity index (χ1v) is 5.81. The molecule has 0 rings (SSSR count). The minimum atomic E-state index is -2.15. The second-order valence-electron chi connectivity index (χ2n) is 4.16. The summed E-state index contributed by atoms with van der Waals surface area (Å²) in [5.74, 6) is -2.52. The molecule has 10 heteroatoms. The summed E-state index contributed by atoms with van der Waals surface area (Å²) in [5, 5.41) is 59.7. The molecular formula is C12H10N6O4. The molecule has 0 heterocycles. The number of carbonyl (C=O) groups is 2. The fourth-order valence-electron chi connectivity index (χ4n) is 1.21. The van der Waals surface area contributed by atoms with Crippen molar-refractivity contribution in [3.05, 3.63) is 0 Å². The van der Waals surface area contributed by atoms with Crippen molar-refractivity contribution < 1.29 is 19.8 Å². The standard InChI is InChI=1S/C12H10N6O4/c13-5-11(6-14,3-1-9(19)20)17-18-12(7-15,8-16)4-2-10(21)22/h1-4H2,(H,19,20)(H,21,22). The molecule has 0 aromatic heterocycles. The Morgan fingerprint density at radius 3 is 1.23 bits per heavy atom. The molecule has 0 saturated heterocycles. The number of carboxylic acid groups (broad SMARTS) is 2. The van der Waals surface area contributed by atoms with E-state index in [0.717, 1.165) is 0 Å². The van der Waals surface area contributed by atoms with Crippen LogP contribution in [0.2, 0.25) is 0 Å². The molecule has 112 valence electrons. The average Bonchev–Trinajstić information content (AvgIpc) is 2.51. The number of hydrogen-bond acceptors (Lipinski definition) is 8. The van der Waals surface area contributed by atoms with E-state index in [-0.39, 0.29) is 0 Å². The summed E-state index contributed by atoms with van der Waals surface area (Å²) in [7, 11) is 0. The summed E-state index contributed by atoms with van der Waals surface area (Å²) >= 11 is 0. The first-order chi connectivity index (χ1) is 10.3. The molecule has 0 aromatic rings. The Hall–Kier alpha value is -3.50. The van der Waals surface area contributed by atoms with Gasteiger partial charge in [0, 0.05) is 25.7 Å². The minimum absolute atomic E-state index is 0.481. The van der Waals surface area contributed by atoms with Crippen LogP contribution in [0.4, 0.5) is 0 Å². The van der Waals surface area contributed by atoms with Crippen molar-refractivity contribution in [3.63, 3.8) is 0 Å². The van der Waals surface area contributed by atoms with Gasteiger partial charge in [0.25, 0.3) is 11.1 Å². The van der Waals surface area contributed by atoms with Crippen LogP contribution in [0.1, 0.15) is 25.7 Å². The average molecular weight is 302 g/mol. The Morgan fingerprint density at radius 1 is 0.773 bits per heavy atom. The summed E-state index contributed by atoms with van der Waals surface area (Å²) < 4.78 is 0. The van der Waals surface area contributed by atoms with Gasteiger partial charge in [-0.1, -0.05) is 0 Å². The lowest BCUT2D eigenvalue weighted by Gasteiger charge is -2.14. The van der Waals surface area contributed by atoms with E-state index in [9.17, 15) is 9.59 Å². The molecule has 0 saturated carbocycles. The molecule has 0 aliphatic rings. The Kier molecular flexibility index (Phi) is 6.67. The molecule has 0 radical (unpaired) electrons. The molecule has 22 heavy (non-hydrogen) atoms. The number of azo groups is 1. The van der Waals surface area contributed by atoms with Gasteiger partial charge in [0.05, 0.1) is 0 Å². The quantitative estimate of drug-likeness (QED) is 0.612. The van der Waals surface area contributed by atoms with Crippen LogP contribution in [0.5, 0.6) is 0 Å². The fourth-order valence-corrected chi connectivity index (χ4v) is 1.21. The SMILES string of the molecule is N#CC(C#N)(CCC(=O)O)N=NC(C#N)(C#N)CCC(=O)O. The lowest BCUT2D eigenvalue weighted by atomic mass is 9.97. The van der Waals surface area contributed by atoms with Crippen LogP contribution in [0, 0.1) is 45.3 Å². The third-order valence-electron chi connectivity index (χ3n) is 2.53. The zero-order chi connectivity index (χ0) is 17.2. The Bertz CT molecular complexity index is 558. The molecule has 2 N–H and O–H groups in total. The zero-order valence-electron chi connectivity index (χ0n) is 11.2. The Morgan fingerprint density at radius 2 is 1.05 bits per heavy atom. The van der Waals surface area contributed by atoms with E-state index >= 15 is 0 Å². The van der Waals surface area contributed by atoms with Crippen LogP contribution >= 0.6 is 0 Å². The summed E-state index contributed by atoms with van der Waals surface area (Å²) in [6, 6.07) is 5.95.